The van der Waals surface area contributed by atoms with Crippen molar-refractivity contribution >= 4 is 0 Å². The summed E-state index contributed by atoms with van der Waals surface area (Å²) in [6.07, 6.45) is 2.29. The molecule has 0 fully saturated rings. The van der Waals surface area contributed by atoms with Crippen molar-refractivity contribution in [1.29, 1.82) is 0 Å². The monoisotopic (exact) mass is 492 g/mol. The molecule has 0 aromatic heterocycles. The molecule has 0 heterocycles. The molecule has 0 radical (unpaired) electrons. The Balaban J connectivity index is -0.000000118. The van der Waals surface area contributed by atoms with Crippen LogP contribution < -0.4 is 15.3 Å². The van der Waals surface area contributed by atoms with E-state index in [9.17, 15) is 15.3 Å². The molecule has 1 rings (SSSR count). The summed E-state index contributed by atoms with van der Waals surface area (Å²) in [7, 11) is 0. The Hall–Kier alpha value is 0.100. The molecule has 134 valence electrons. The van der Waals surface area contributed by atoms with Crippen LogP contribution in [0.2, 0.25) is 0 Å². The Bertz CT molecular complexity index is 251. The van der Waals surface area contributed by atoms with Crippen LogP contribution in [-0.4, -0.2) is 19.8 Å². The van der Waals surface area contributed by atoms with Crippen molar-refractivity contribution in [2.75, 3.05) is 19.8 Å². The summed E-state index contributed by atoms with van der Waals surface area (Å²) in [6, 6.07) is 0. The van der Waals surface area contributed by atoms with Gasteiger partial charge in [-0.05, 0) is 0 Å². The summed E-state index contributed by atoms with van der Waals surface area (Å²) in [6.45, 7) is 16.8. The second-order valence-corrected chi connectivity index (χ2v) is 5.24. The molecule has 4 heteroatoms. The van der Waals surface area contributed by atoms with E-state index in [-0.39, 0.29) is 45.7 Å². The third-order valence-electron chi connectivity index (χ3n) is 3.42. The summed E-state index contributed by atoms with van der Waals surface area (Å²) in [5.41, 5.74) is 7.34. The first-order chi connectivity index (χ1) is 10.3. The van der Waals surface area contributed by atoms with Gasteiger partial charge in [-0.2, -0.15) is 27.8 Å². The minimum Gasteiger partial charge on any atom is -0.854 e. The van der Waals surface area contributed by atoms with Gasteiger partial charge in [0.1, 0.15) is 0 Å². The predicted octanol–water partition coefficient (Wildman–Crippen LogP) is 2.22. The molecule has 1 aromatic rings. The smallest absolute Gasteiger partial charge is 0.854 e. The van der Waals surface area contributed by atoms with Gasteiger partial charge in [0.15, 0.2) is 0 Å². The Morgan fingerprint density at radius 2 is 0.826 bits per heavy atom. The molecule has 0 amide bonds. The number of rotatable bonds is 3. The largest absolute Gasteiger partial charge is 4.00 e. The van der Waals surface area contributed by atoms with Crippen LogP contribution in [0, 0.1) is 34.6 Å². The van der Waals surface area contributed by atoms with Crippen LogP contribution in [-0.2, 0) is 25.8 Å². The van der Waals surface area contributed by atoms with Crippen LogP contribution >= 0.6 is 0 Å². The van der Waals surface area contributed by atoms with E-state index in [0.29, 0.717) is 0 Å². The molecule has 3 nitrogen and oxygen atoms in total. The van der Waals surface area contributed by atoms with E-state index in [1.807, 2.05) is 20.8 Å². The molecular weight excluding hydrogens is 455 g/mol. The minimum atomic E-state index is 0. The molecule has 0 aliphatic heterocycles. The van der Waals surface area contributed by atoms with Crippen molar-refractivity contribution in [3.05, 3.63) is 27.8 Å². The quantitative estimate of drug-likeness (QED) is 0.482. The third kappa shape index (κ3) is 16.7. The zero-order chi connectivity index (χ0) is 18.1. The van der Waals surface area contributed by atoms with Crippen LogP contribution in [0.25, 0.3) is 0 Å². The van der Waals surface area contributed by atoms with Gasteiger partial charge in [0.05, 0.1) is 0 Å². The first-order valence-electron chi connectivity index (χ1n) is 8.24. The molecule has 0 spiro atoms. The molecule has 0 N–H and O–H groups in total. The van der Waals surface area contributed by atoms with E-state index in [0.717, 1.165) is 19.3 Å². The van der Waals surface area contributed by atoms with Crippen molar-refractivity contribution in [3.8, 4) is 0 Å². The van der Waals surface area contributed by atoms with E-state index < -0.39 is 0 Å². The first kappa shape index (κ1) is 30.9. The second kappa shape index (κ2) is 22.1. The zero-order valence-corrected chi connectivity index (χ0v) is 20.1. The SMILES string of the molecule is CCC[O-].CCC[O-].CCC[O-].Cc1c(C)c(C)[c-](C)c1C.[Hf+4]. The second-order valence-electron chi connectivity index (χ2n) is 5.24. The van der Waals surface area contributed by atoms with Gasteiger partial charge in [0.2, 0.25) is 0 Å². The summed E-state index contributed by atoms with van der Waals surface area (Å²) >= 11 is 0. The van der Waals surface area contributed by atoms with Crippen molar-refractivity contribution in [2.24, 2.45) is 0 Å². The average Bonchev–Trinajstić information content (AvgIpc) is 2.73. The van der Waals surface area contributed by atoms with E-state index in [1.54, 1.807) is 0 Å². The fourth-order valence-corrected chi connectivity index (χ4v) is 1.41. The zero-order valence-electron chi connectivity index (χ0n) is 16.5. The van der Waals surface area contributed by atoms with Gasteiger partial charge in [-0.3, -0.25) is 0 Å². The molecule has 0 aliphatic carbocycles. The number of hydrogen-bond acceptors (Lipinski definition) is 3. The van der Waals surface area contributed by atoms with Gasteiger partial charge in [-0.25, -0.2) is 0 Å². The summed E-state index contributed by atoms with van der Waals surface area (Å²) in [5, 5.41) is 27.9. The Morgan fingerprint density at radius 1 is 0.652 bits per heavy atom. The van der Waals surface area contributed by atoms with Crippen molar-refractivity contribution in [1.82, 2.24) is 0 Å². The summed E-state index contributed by atoms with van der Waals surface area (Å²) in [4.78, 5) is 0. The molecule has 1 aromatic carbocycles. The minimum absolute atomic E-state index is 0. The van der Waals surface area contributed by atoms with E-state index in [2.05, 4.69) is 34.6 Å². The van der Waals surface area contributed by atoms with E-state index in [1.165, 1.54) is 27.8 Å². The number of hydrogen-bond donors (Lipinski definition) is 0. The third-order valence-corrected chi connectivity index (χ3v) is 3.42. The maximum atomic E-state index is 9.30. The topological polar surface area (TPSA) is 69.2 Å². The molecule has 0 bridgehead atoms. The molecule has 0 atom stereocenters. The summed E-state index contributed by atoms with van der Waals surface area (Å²) < 4.78 is 0. The molecule has 23 heavy (non-hydrogen) atoms. The van der Waals surface area contributed by atoms with E-state index >= 15 is 0 Å². The van der Waals surface area contributed by atoms with E-state index in [4.69, 9.17) is 0 Å². The van der Waals surface area contributed by atoms with Crippen LogP contribution in [0.5, 0.6) is 0 Å². The van der Waals surface area contributed by atoms with Crippen LogP contribution in [0.4, 0.5) is 0 Å². The fraction of sp³-hybridized carbons (Fsp3) is 0.737. The van der Waals surface area contributed by atoms with Gasteiger partial charge >= 0.3 is 25.8 Å². The van der Waals surface area contributed by atoms with Crippen molar-refractivity contribution in [3.63, 3.8) is 0 Å². The van der Waals surface area contributed by atoms with Gasteiger partial charge in [-0.15, -0.1) is 19.8 Å². The average molecular weight is 491 g/mol. The molecule has 0 unspecified atom stereocenters. The normalized spacial score (nSPS) is 8.48. The van der Waals surface area contributed by atoms with Gasteiger partial charge in [-0.1, -0.05) is 74.7 Å². The Morgan fingerprint density at radius 3 is 0.870 bits per heavy atom. The fourth-order valence-electron chi connectivity index (χ4n) is 1.41. The van der Waals surface area contributed by atoms with Crippen LogP contribution in [0.15, 0.2) is 0 Å². The van der Waals surface area contributed by atoms with Crippen LogP contribution in [0.1, 0.15) is 67.9 Å². The van der Waals surface area contributed by atoms with Crippen molar-refractivity contribution < 1.29 is 41.2 Å². The molecule has 0 saturated carbocycles. The standard InChI is InChI=1S/C10H15.3C3H7O.Hf/c1-6-7(2)9(4)10(5)8(6)3;3*1-2-3-4;/h1-5H3;3*2-3H2,1H3;/q4*-1;+4. The van der Waals surface area contributed by atoms with Gasteiger partial charge in [0.25, 0.3) is 0 Å². The Kier molecular flexibility index (Phi) is 29.7. The molecule has 0 saturated heterocycles. The van der Waals surface area contributed by atoms with Gasteiger partial charge < -0.3 is 15.3 Å². The first-order valence-corrected chi connectivity index (χ1v) is 8.24. The Labute approximate surface area is 163 Å². The van der Waals surface area contributed by atoms with Crippen LogP contribution in [0.3, 0.4) is 0 Å². The predicted molar refractivity (Wildman–Crippen MR) is 91.2 cm³/mol. The maximum Gasteiger partial charge on any atom is 4.00 e. The molecule has 0 aliphatic rings. The van der Waals surface area contributed by atoms with Gasteiger partial charge in [0, 0.05) is 0 Å². The summed E-state index contributed by atoms with van der Waals surface area (Å²) in [5.74, 6) is 0. The maximum absolute atomic E-state index is 9.30. The van der Waals surface area contributed by atoms with Crippen molar-refractivity contribution in [2.45, 2.75) is 74.7 Å². The molecular formula is C19H36HfO3.